The van der Waals surface area contributed by atoms with Crippen LogP contribution in [0.15, 0.2) is 41.3 Å². The molecule has 33 heavy (non-hydrogen) atoms. The Morgan fingerprint density at radius 2 is 1.15 bits per heavy atom. The van der Waals surface area contributed by atoms with E-state index in [4.69, 9.17) is 0 Å². The molecule has 0 aliphatic heterocycles. The second kappa shape index (κ2) is 9.09. The van der Waals surface area contributed by atoms with Gasteiger partial charge in [-0.15, -0.1) is 11.8 Å². The summed E-state index contributed by atoms with van der Waals surface area (Å²) in [6, 6.07) is 11.9. The van der Waals surface area contributed by atoms with Gasteiger partial charge in [-0.2, -0.15) is 0 Å². The first kappa shape index (κ1) is 27.4. The van der Waals surface area contributed by atoms with E-state index >= 15 is 0 Å². The highest BCUT2D eigenvalue weighted by Crippen LogP contribution is 2.52. The molecule has 182 valence electrons. The summed E-state index contributed by atoms with van der Waals surface area (Å²) in [5.41, 5.74) is 5.38. The Morgan fingerprint density at radius 3 is 1.45 bits per heavy atom. The third-order valence-electron chi connectivity index (χ3n) is 6.00. The van der Waals surface area contributed by atoms with Crippen molar-refractivity contribution in [2.45, 2.75) is 109 Å². The molecule has 1 atom stereocenters. The Bertz CT molecular complexity index is 959. The quantitative estimate of drug-likeness (QED) is 0.254. The number of hydrogen-bond donors (Lipinski definition) is 0. The lowest BCUT2D eigenvalue weighted by Gasteiger charge is -2.37. The molecule has 0 bridgehead atoms. The number of nitrogens with zero attached hydrogens (tertiary/aromatic N) is 1. The van der Waals surface area contributed by atoms with E-state index in [2.05, 4.69) is 95.2 Å². The number of hydrogen-bond acceptors (Lipinski definition) is 3. The Hall–Kier alpha value is -1.81. The molecule has 0 radical (unpaired) electrons. The molecule has 2 aromatic carbocycles. The average Bonchev–Trinajstić information content (AvgIpc) is 2.62. The maximum atomic E-state index is 11.2. The van der Waals surface area contributed by atoms with E-state index < -0.39 is 0 Å². The van der Waals surface area contributed by atoms with Gasteiger partial charge in [-0.05, 0) is 43.9 Å². The van der Waals surface area contributed by atoms with Gasteiger partial charge in [-0.3, -0.25) is 10.1 Å². The van der Waals surface area contributed by atoms with Gasteiger partial charge in [0.15, 0.2) is 0 Å². The second-order valence-corrected chi connectivity index (χ2v) is 14.5. The molecule has 0 heterocycles. The number of thioether (sulfide) groups is 1. The van der Waals surface area contributed by atoms with Crippen molar-refractivity contribution in [3.05, 3.63) is 68.8 Å². The van der Waals surface area contributed by atoms with Crippen LogP contribution in [0, 0.1) is 15.5 Å². The molecule has 0 aliphatic rings. The summed E-state index contributed by atoms with van der Waals surface area (Å²) < 4.78 is 0. The van der Waals surface area contributed by atoms with E-state index in [1.807, 2.05) is 23.9 Å². The normalized spacial score (nSPS) is 14.3. The van der Waals surface area contributed by atoms with Crippen molar-refractivity contribution in [2.24, 2.45) is 5.41 Å². The summed E-state index contributed by atoms with van der Waals surface area (Å²) in [7, 11) is 0. The Morgan fingerprint density at radius 1 is 0.727 bits per heavy atom. The van der Waals surface area contributed by atoms with Crippen LogP contribution < -0.4 is 0 Å². The van der Waals surface area contributed by atoms with Crippen molar-refractivity contribution in [2.75, 3.05) is 0 Å². The summed E-state index contributed by atoms with van der Waals surface area (Å²) in [6.07, 6.45) is 0. The van der Waals surface area contributed by atoms with Crippen LogP contribution in [-0.2, 0) is 16.2 Å². The van der Waals surface area contributed by atoms with Crippen molar-refractivity contribution in [3.8, 4) is 0 Å². The first-order valence-corrected chi connectivity index (χ1v) is 12.7. The fourth-order valence-electron chi connectivity index (χ4n) is 3.94. The van der Waals surface area contributed by atoms with Gasteiger partial charge in [-0.1, -0.05) is 107 Å². The fraction of sp³-hybridized carbons (Fsp3) is 0.586. The van der Waals surface area contributed by atoms with E-state index in [9.17, 15) is 10.1 Å². The molecule has 0 saturated heterocycles. The lowest BCUT2D eigenvalue weighted by Crippen LogP contribution is -2.24. The predicted molar refractivity (Wildman–Crippen MR) is 144 cm³/mol. The summed E-state index contributed by atoms with van der Waals surface area (Å²) in [4.78, 5) is 12.2. The topological polar surface area (TPSA) is 43.1 Å². The van der Waals surface area contributed by atoms with Gasteiger partial charge in [0.05, 0.1) is 4.92 Å². The average molecular weight is 470 g/mol. The molecule has 3 nitrogen and oxygen atoms in total. The van der Waals surface area contributed by atoms with E-state index in [0.717, 1.165) is 5.56 Å². The highest BCUT2D eigenvalue weighted by Gasteiger charge is 2.34. The smallest absolute Gasteiger partial charge is 0.258 e. The molecule has 0 amide bonds. The van der Waals surface area contributed by atoms with Crippen LogP contribution in [0.2, 0.25) is 0 Å². The Kier molecular flexibility index (Phi) is 7.56. The van der Waals surface area contributed by atoms with Crippen molar-refractivity contribution < 1.29 is 4.92 Å². The molecule has 1 unspecified atom stereocenters. The van der Waals surface area contributed by atoms with Crippen LogP contribution in [0.4, 0.5) is 5.69 Å². The lowest BCUT2D eigenvalue weighted by molar-refractivity contribution is -0.384. The summed E-state index contributed by atoms with van der Waals surface area (Å²) >= 11 is 1.92. The van der Waals surface area contributed by atoms with Crippen LogP contribution in [0.3, 0.4) is 0 Å². The molecule has 4 heteroatoms. The second-order valence-electron chi connectivity index (χ2n) is 13.4. The minimum atomic E-state index is -0.330. The van der Waals surface area contributed by atoms with E-state index in [1.165, 1.54) is 21.6 Å². The number of rotatable bonds is 4. The van der Waals surface area contributed by atoms with E-state index in [1.54, 1.807) is 12.1 Å². The molecular formula is C29H43NO2S. The Labute approximate surface area is 205 Å². The van der Waals surface area contributed by atoms with Crippen LogP contribution in [0.25, 0.3) is 0 Å². The van der Waals surface area contributed by atoms with Crippen molar-refractivity contribution in [1.82, 2.24) is 0 Å². The summed E-state index contributed by atoms with van der Waals surface area (Å²) in [6.45, 7) is 27.4. The van der Waals surface area contributed by atoms with Crippen molar-refractivity contribution >= 4 is 17.4 Å². The number of non-ortho nitro benzene ring substituents is 1. The Balaban J connectivity index is 2.79. The van der Waals surface area contributed by atoms with Crippen LogP contribution in [-0.4, -0.2) is 4.92 Å². The van der Waals surface area contributed by atoms with Crippen molar-refractivity contribution in [1.29, 1.82) is 0 Å². The molecule has 0 fully saturated rings. The predicted octanol–water partition coefficient (Wildman–Crippen LogP) is 9.37. The van der Waals surface area contributed by atoms with Crippen LogP contribution in [0.5, 0.6) is 0 Å². The number of nitro groups is 1. The largest absolute Gasteiger partial charge is 0.269 e. The third kappa shape index (κ3) is 6.62. The minimum Gasteiger partial charge on any atom is -0.258 e. The SMILES string of the molecule is CC(C)(C)c1cc(C(C)(C)C)c(SC(c2ccc([N+](=O)[O-])cc2)C(C)(C)C)c(C(C)(C)C)c1. The summed E-state index contributed by atoms with van der Waals surface area (Å²) in [5.74, 6) is 0. The monoisotopic (exact) mass is 469 g/mol. The van der Waals surface area contributed by atoms with Crippen molar-refractivity contribution in [3.63, 3.8) is 0 Å². The molecule has 0 spiro atoms. The zero-order valence-electron chi connectivity index (χ0n) is 22.7. The van der Waals surface area contributed by atoms with Gasteiger partial charge in [0.2, 0.25) is 0 Å². The first-order valence-electron chi connectivity index (χ1n) is 11.8. The van der Waals surface area contributed by atoms with Gasteiger partial charge in [0.1, 0.15) is 0 Å². The van der Waals surface area contributed by atoms with E-state index in [0.29, 0.717) is 0 Å². The highest BCUT2D eigenvalue weighted by atomic mass is 32.2. The van der Waals surface area contributed by atoms with Crippen LogP contribution >= 0.6 is 11.8 Å². The molecular weight excluding hydrogens is 426 g/mol. The van der Waals surface area contributed by atoms with E-state index in [-0.39, 0.29) is 37.5 Å². The lowest BCUT2D eigenvalue weighted by atomic mass is 9.75. The standard InChI is InChI=1S/C29H43NO2S/c1-26(2,3)20-17-22(27(4,5)6)24(23(18-20)28(7,8)9)33-25(29(10,11)12)19-13-15-21(16-14-19)30(31)32/h13-18,25H,1-12H3. The van der Waals surface area contributed by atoms with Gasteiger partial charge >= 0.3 is 0 Å². The molecule has 2 aromatic rings. The van der Waals surface area contributed by atoms with Gasteiger partial charge < -0.3 is 0 Å². The molecule has 2 rings (SSSR count). The van der Waals surface area contributed by atoms with Gasteiger partial charge in [0.25, 0.3) is 5.69 Å². The molecule has 0 saturated carbocycles. The first-order chi connectivity index (χ1) is 14.7. The molecule has 0 N–H and O–H groups in total. The zero-order valence-corrected chi connectivity index (χ0v) is 23.5. The number of nitro benzene ring substituents is 1. The van der Waals surface area contributed by atoms with Gasteiger partial charge in [-0.25, -0.2) is 0 Å². The zero-order chi connectivity index (χ0) is 25.6. The minimum absolute atomic E-state index is 0.0124. The van der Waals surface area contributed by atoms with Crippen LogP contribution in [0.1, 0.15) is 111 Å². The van der Waals surface area contributed by atoms with Gasteiger partial charge in [0, 0.05) is 22.3 Å². The highest BCUT2D eigenvalue weighted by molar-refractivity contribution is 7.99. The maximum Gasteiger partial charge on any atom is 0.269 e. The molecule has 0 aromatic heterocycles. The summed E-state index contributed by atoms with van der Waals surface area (Å²) in [5, 5.41) is 11.3. The fourth-order valence-corrected chi connectivity index (χ4v) is 5.80. The third-order valence-corrected chi connectivity index (χ3v) is 7.89. The molecule has 0 aliphatic carbocycles. The number of benzene rings is 2. The maximum absolute atomic E-state index is 11.2.